The van der Waals surface area contributed by atoms with Gasteiger partial charge >= 0.3 is 0 Å². The lowest BCUT2D eigenvalue weighted by Gasteiger charge is -2.24. The van der Waals surface area contributed by atoms with Gasteiger partial charge in [-0.25, -0.2) is 0 Å². The summed E-state index contributed by atoms with van der Waals surface area (Å²) < 4.78 is 6.99. The maximum absolute atomic E-state index is 9.07. The Hall–Kier alpha value is -2.06. The molecule has 3 heterocycles. The topological polar surface area (TPSA) is 58.0 Å². The smallest absolute Gasteiger partial charge is 0.128 e. The van der Waals surface area contributed by atoms with Crippen molar-refractivity contribution in [3.8, 4) is 6.07 Å². The van der Waals surface area contributed by atoms with Crippen LogP contribution < -0.4 is 0 Å². The lowest BCUT2D eigenvalue weighted by Crippen LogP contribution is -2.29. The van der Waals surface area contributed by atoms with Crippen molar-refractivity contribution in [1.29, 1.82) is 5.26 Å². The fourth-order valence-corrected chi connectivity index (χ4v) is 2.60. The molecular formula is C14H16N4O. The average molecular weight is 256 g/mol. The van der Waals surface area contributed by atoms with E-state index in [2.05, 4.69) is 29.2 Å². The molecule has 0 aliphatic carbocycles. The molecule has 0 saturated carbocycles. The quantitative estimate of drug-likeness (QED) is 0.842. The second-order valence-electron chi connectivity index (χ2n) is 4.88. The Morgan fingerprint density at radius 2 is 2.42 bits per heavy atom. The number of hydrogen-bond acceptors (Lipinski definition) is 4. The van der Waals surface area contributed by atoms with Crippen LogP contribution in [0.25, 0.3) is 0 Å². The molecule has 2 aromatic heterocycles. The maximum atomic E-state index is 9.07. The van der Waals surface area contributed by atoms with E-state index in [0.29, 0.717) is 0 Å². The molecule has 0 amide bonds. The molecule has 0 unspecified atom stereocenters. The van der Waals surface area contributed by atoms with Crippen molar-refractivity contribution in [2.24, 2.45) is 0 Å². The highest BCUT2D eigenvalue weighted by Gasteiger charge is 2.19. The zero-order chi connectivity index (χ0) is 13.2. The lowest BCUT2D eigenvalue weighted by atomic mass is 10.1. The van der Waals surface area contributed by atoms with Gasteiger partial charge in [0.15, 0.2) is 0 Å². The third-order valence-corrected chi connectivity index (χ3v) is 3.60. The molecule has 0 radical (unpaired) electrons. The molecule has 0 saturated heterocycles. The number of nitrogens with zero attached hydrogens (tertiary/aromatic N) is 4. The first kappa shape index (κ1) is 12.0. The van der Waals surface area contributed by atoms with Gasteiger partial charge in [-0.15, -0.1) is 0 Å². The summed E-state index contributed by atoms with van der Waals surface area (Å²) in [5, 5.41) is 13.1. The molecule has 0 N–H and O–H groups in total. The SMILES string of the molecule is CCn1cc(CN2CCc3nocc3C2)cc1C#N. The third-order valence-electron chi connectivity index (χ3n) is 3.60. The molecule has 19 heavy (non-hydrogen) atoms. The van der Waals surface area contributed by atoms with Crippen LogP contribution in [-0.2, 0) is 26.1 Å². The third kappa shape index (κ3) is 2.27. The molecule has 0 fully saturated rings. The summed E-state index contributed by atoms with van der Waals surface area (Å²) >= 11 is 0. The van der Waals surface area contributed by atoms with E-state index in [9.17, 15) is 0 Å². The summed E-state index contributed by atoms with van der Waals surface area (Å²) in [5.74, 6) is 0. The van der Waals surface area contributed by atoms with Gasteiger partial charge < -0.3 is 9.09 Å². The monoisotopic (exact) mass is 256 g/mol. The highest BCUT2D eigenvalue weighted by molar-refractivity contribution is 5.29. The Morgan fingerprint density at radius 1 is 1.53 bits per heavy atom. The average Bonchev–Trinajstić information content (AvgIpc) is 3.04. The standard InChI is InChI=1S/C14H16N4O/c1-2-18-8-11(5-13(18)6-15)7-17-4-3-14-12(9-17)10-19-16-14/h5,8,10H,2-4,7,9H2,1H3. The largest absolute Gasteiger partial charge is 0.364 e. The summed E-state index contributed by atoms with van der Waals surface area (Å²) in [6.07, 6.45) is 4.74. The molecule has 1 aliphatic rings. The van der Waals surface area contributed by atoms with Crippen molar-refractivity contribution >= 4 is 0 Å². The summed E-state index contributed by atoms with van der Waals surface area (Å²) in [4.78, 5) is 2.36. The molecule has 5 nitrogen and oxygen atoms in total. The molecule has 5 heteroatoms. The van der Waals surface area contributed by atoms with E-state index in [1.807, 2.05) is 10.6 Å². The second-order valence-corrected chi connectivity index (χ2v) is 4.88. The van der Waals surface area contributed by atoms with Gasteiger partial charge in [-0.3, -0.25) is 4.90 Å². The maximum Gasteiger partial charge on any atom is 0.128 e. The molecule has 0 bridgehead atoms. The summed E-state index contributed by atoms with van der Waals surface area (Å²) in [7, 11) is 0. The summed E-state index contributed by atoms with van der Waals surface area (Å²) in [6, 6.07) is 4.21. The molecule has 0 spiro atoms. The van der Waals surface area contributed by atoms with E-state index in [4.69, 9.17) is 9.78 Å². The Kier molecular flexibility index (Phi) is 3.10. The van der Waals surface area contributed by atoms with Crippen molar-refractivity contribution in [3.63, 3.8) is 0 Å². The van der Waals surface area contributed by atoms with Gasteiger partial charge in [0.2, 0.25) is 0 Å². The van der Waals surface area contributed by atoms with Gasteiger partial charge in [-0.1, -0.05) is 5.16 Å². The van der Waals surface area contributed by atoms with Crippen LogP contribution in [0.3, 0.4) is 0 Å². The highest BCUT2D eigenvalue weighted by Crippen LogP contribution is 2.20. The van der Waals surface area contributed by atoms with E-state index in [0.717, 1.165) is 44.0 Å². The van der Waals surface area contributed by atoms with Crippen molar-refractivity contribution in [3.05, 3.63) is 41.0 Å². The Morgan fingerprint density at radius 3 is 3.16 bits per heavy atom. The van der Waals surface area contributed by atoms with Gasteiger partial charge in [0.25, 0.3) is 0 Å². The predicted molar refractivity (Wildman–Crippen MR) is 69.1 cm³/mol. The fourth-order valence-electron chi connectivity index (χ4n) is 2.60. The first-order valence-corrected chi connectivity index (χ1v) is 6.53. The minimum Gasteiger partial charge on any atom is -0.364 e. The number of aryl methyl sites for hydroxylation is 1. The van der Waals surface area contributed by atoms with Gasteiger partial charge in [0.05, 0.1) is 5.69 Å². The van der Waals surface area contributed by atoms with Crippen LogP contribution in [0, 0.1) is 11.3 Å². The summed E-state index contributed by atoms with van der Waals surface area (Å²) in [6.45, 7) is 5.61. The number of nitriles is 1. The van der Waals surface area contributed by atoms with Crippen molar-refractivity contribution < 1.29 is 4.52 Å². The normalized spacial score (nSPS) is 15.2. The molecule has 98 valence electrons. The Labute approximate surface area is 112 Å². The van der Waals surface area contributed by atoms with Crippen LogP contribution >= 0.6 is 0 Å². The molecular weight excluding hydrogens is 240 g/mol. The number of fused-ring (bicyclic) bond motifs is 1. The van der Waals surface area contributed by atoms with Crippen molar-refractivity contribution in [2.75, 3.05) is 6.54 Å². The molecule has 2 aromatic rings. The van der Waals surface area contributed by atoms with Gasteiger partial charge in [0.1, 0.15) is 18.0 Å². The first-order valence-electron chi connectivity index (χ1n) is 6.53. The van der Waals surface area contributed by atoms with Crippen LogP contribution in [0.15, 0.2) is 23.0 Å². The minimum absolute atomic E-state index is 0.736. The zero-order valence-corrected chi connectivity index (χ0v) is 11.0. The van der Waals surface area contributed by atoms with E-state index >= 15 is 0 Å². The van der Waals surface area contributed by atoms with Crippen LogP contribution in [0.4, 0.5) is 0 Å². The van der Waals surface area contributed by atoms with Gasteiger partial charge in [0, 0.05) is 44.4 Å². The van der Waals surface area contributed by atoms with Crippen LogP contribution in [-0.4, -0.2) is 21.2 Å². The van der Waals surface area contributed by atoms with Crippen LogP contribution in [0.2, 0.25) is 0 Å². The van der Waals surface area contributed by atoms with Crippen LogP contribution in [0.5, 0.6) is 0 Å². The highest BCUT2D eigenvalue weighted by atomic mass is 16.5. The second kappa shape index (κ2) is 4.90. The van der Waals surface area contributed by atoms with E-state index < -0.39 is 0 Å². The fraction of sp³-hybridized carbons (Fsp3) is 0.429. The predicted octanol–water partition coefficient (Wildman–Crippen LogP) is 1.93. The number of rotatable bonds is 3. The van der Waals surface area contributed by atoms with E-state index in [1.54, 1.807) is 6.26 Å². The molecule has 0 atom stereocenters. The van der Waals surface area contributed by atoms with E-state index in [1.165, 1.54) is 11.1 Å². The van der Waals surface area contributed by atoms with Crippen LogP contribution in [0.1, 0.15) is 29.4 Å². The molecule has 3 rings (SSSR count). The first-order chi connectivity index (χ1) is 9.30. The Balaban J connectivity index is 1.73. The Bertz CT molecular complexity index is 620. The van der Waals surface area contributed by atoms with Gasteiger partial charge in [-0.2, -0.15) is 5.26 Å². The zero-order valence-electron chi connectivity index (χ0n) is 11.0. The lowest BCUT2D eigenvalue weighted by molar-refractivity contribution is 0.244. The minimum atomic E-state index is 0.736. The van der Waals surface area contributed by atoms with Gasteiger partial charge in [-0.05, 0) is 18.6 Å². The van der Waals surface area contributed by atoms with Crippen molar-refractivity contribution in [1.82, 2.24) is 14.6 Å². The van der Waals surface area contributed by atoms with E-state index in [-0.39, 0.29) is 0 Å². The summed E-state index contributed by atoms with van der Waals surface area (Å²) in [5.41, 5.74) is 4.19. The van der Waals surface area contributed by atoms with Crippen molar-refractivity contribution in [2.45, 2.75) is 33.0 Å². The molecule has 0 aromatic carbocycles. The number of aromatic nitrogens is 2. The molecule has 1 aliphatic heterocycles. The number of hydrogen-bond donors (Lipinski definition) is 0.